The zero-order valence-corrected chi connectivity index (χ0v) is 11.6. The van der Waals surface area contributed by atoms with Crippen LogP contribution in [0.2, 0.25) is 0 Å². The number of nitrogens with zero attached hydrogens (tertiary/aromatic N) is 2. The van der Waals surface area contributed by atoms with Gasteiger partial charge in [-0.15, -0.1) is 0 Å². The highest BCUT2D eigenvalue weighted by Crippen LogP contribution is 2.38. The highest BCUT2D eigenvalue weighted by molar-refractivity contribution is 5.73. The molecule has 0 radical (unpaired) electrons. The van der Waals surface area contributed by atoms with Crippen LogP contribution in [0.15, 0.2) is 23.2 Å². The lowest BCUT2D eigenvalue weighted by Gasteiger charge is -2.23. The Balaban J connectivity index is 2.20. The third-order valence-corrected chi connectivity index (χ3v) is 3.15. The third-order valence-electron chi connectivity index (χ3n) is 3.15. The van der Waals surface area contributed by atoms with Crippen molar-refractivity contribution in [2.75, 3.05) is 32.2 Å². The maximum Gasteiger partial charge on any atom is 0.420 e. The van der Waals surface area contributed by atoms with Crippen LogP contribution < -0.4 is 15.4 Å². The highest BCUT2D eigenvalue weighted by Gasteiger charge is 2.35. The number of alkyl halides is 3. The summed E-state index contributed by atoms with van der Waals surface area (Å²) < 4.78 is 48.7. The predicted octanol–water partition coefficient (Wildman–Crippen LogP) is 1.86. The molecule has 21 heavy (non-hydrogen) atoms. The SMILES string of the molecule is COc1ccc(N(C)CC2COC(N)=N2)cc1C(F)(F)F. The molecule has 8 heteroatoms. The van der Waals surface area contributed by atoms with Crippen LogP contribution in [0.1, 0.15) is 5.56 Å². The van der Waals surface area contributed by atoms with E-state index in [1.807, 2.05) is 0 Å². The first-order valence-corrected chi connectivity index (χ1v) is 6.23. The van der Waals surface area contributed by atoms with Crippen molar-refractivity contribution in [2.45, 2.75) is 12.2 Å². The Kier molecular flexibility index (Phi) is 4.15. The first kappa shape index (κ1) is 15.3. The van der Waals surface area contributed by atoms with Crippen LogP contribution in [0, 0.1) is 0 Å². The molecule has 5 nitrogen and oxygen atoms in total. The van der Waals surface area contributed by atoms with Crippen molar-refractivity contribution in [1.82, 2.24) is 0 Å². The maximum atomic E-state index is 13.0. The fourth-order valence-corrected chi connectivity index (χ4v) is 2.11. The van der Waals surface area contributed by atoms with Gasteiger partial charge in [-0.25, -0.2) is 4.99 Å². The second-order valence-corrected chi connectivity index (χ2v) is 4.70. The van der Waals surface area contributed by atoms with E-state index in [1.54, 1.807) is 18.0 Å². The van der Waals surface area contributed by atoms with Gasteiger partial charge in [0.05, 0.1) is 12.7 Å². The molecule has 0 fully saturated rings. The molecule has 2 rings (SSSR count). The van der Waals surface area contributed by atoms with Crippen LogP contribution in [0.25, 0.3) is 0 Å². The molecule has 0 aliphatic carbocycles. The lowest BCUT2D eigenvalue weighted by molar-refractivity contribution is -0.138. The van der Waals surface area contributed by atoms with Crippen LogP contribution in [-0.2, 0) is 10.9 Å². The number of anilines is 1. The lowest BCUT2D eigenvalue weighted by Crippen LogP contribution is -2.29. The van der Waals surface area contributed by atoms with Gasteiger partial charge in [-0.1, -0.05) is 0 Å². The first-order valence-electron chi connectivity index (χ1n) is 6.23. The van der Waals surface area contributed by atoms with Crippen molar-refractivity contribution >= 4 is 11.7 Å². The van der Waals surface area contributed by atoms with Gasteiger partial charge in [-0.2, -0.15) is 13.2 Å². The number of methoxy groups -OCH3 is 1. The molecule has 1 aliphatic rings. The number of hydrogen-bond acceptors (Lipinski definition) is 5. The van der Waals surface area contributed by atoms with Gasteiger partial charge in [0.1, 0.15) is 18.4 Å². The Morgan fingerprint density at radius 2 is 2.19 bits per heavy atom. The quantitative estimate of drug-likeness (QED) is 0.922. The molecule has 2 N–H and O–H groups in total. The van der Waals surface area contributed by atoms with E-state index < -0.39 is 11.7 Å². The summed E-state index contributed by atoms with van der Waals surface area (Å²) >= 11 is 0. The van der Waals surface area contributed by atoms with Crippen molar-refractivity contribution in [2.24, 2.45) is 10.7 Å². The minimum atomic E-state index is -4.47. The van der Waals surface area contributed by atoms with Crippen molar-refractivity contribution in [3.63, 3.8) is 0 Å². The minimum Gasteiger partial charge on any atom is -0.496 e. The molecule has 1 heterocycles. The van der Waals surface area contributed by atoms with Gasteiger partial charge < -0.3 is 20.1 Å². The number of aliphatic imine (C=N–C) groups is 1. The van der Waals surface area contributed by atoms with Crippen LogP contribution in [0.3, 0.4) is 0 Å². The summed E-state index contributed by atoms with van der Waals surface area (Å²) in [4.78, 5) is 5.71. The van der Waals surface area contributed by atoms with E-state index in [1.165, 1.54) is 13.2 Å². The van der Waals surface area contributed by atoms with Crippen LogP contribution in [0.4, 0.5) is 18.9 Å². The number of likely N-dealkylation sites (N-methyl/N-ethyl adjacent to an activating group) is 1. The molecule has 1 unspecified atom stereocenters. The van der Waals surface area contributed by atoms with E-state index >= 15 is 0 Å². The van der Waals surface area contributed by atoms with E-state index in [2.05, 4.69) is 4.99 Å². The second kappa shape index (κ2) is 5.71. The van der Waals surface area contributed by atoms with Gasteiger partial charge >= 0.3 is 6.18 Å². The summed E-state index contributed by atoms with van der Waals surface area (Å²) in [6.07, 6.45) is -4.47. The van der Waals surface area contributed by atoms with Gasteiger partial charge in [0, 0.05) is 19.3 Å². The molecule has 1 aromatic rings. The van der Waals surface area contributed by atoms with Crippen molar-refractivity contribution in [3.05, 3.63) is 23.8 Å². The summed E-state index contributed by atoms with van der Waals surface area (Å²) in [6, 6.07) is 3.85. The van der Waals surface area contributed by atoms with Gasteiger partial charge in [0.15, 0.2) is 0 Å². The average Bonchev–Trinajstić information content (AvgIpc) is 2.82. The Bertz CT molecular complexity index is 546. The molecule has 0 bridgehead atoms. The molecule has 1 aromatic carbocycles. The Hall–Kier alpha value is -2.12. The van der Waals surface area contributed by atoms with E-state index in [0.29, 0.717) is 18.8 Å². The average molecular weight is 303 g/mol. The van der Waals surface area contributed by atoms with Crippen LogP contribution >= 0.6 is 0 Å². The molecule has 0 aromatic heterocycles. The lowest BCUT2D eigenvalue weighted by atomic mass is 10.1. The fraction of sp³-hybridized carbons (Fsp3) is 0.462. The number of amidine groups is 1. The summed E-state index contributed by atoms with van der Waals surface area (Å²) in [5.41, 5.74) is 5.02. The van der Waals surface area contributed by atoms with E-state index in [-0.39, 0.29) is 17.8 Å². The van der Waals surface area contributed by atoms with Gasteiger partial charge in [0.2, 0.25) is 0 Å². The Morgan fingerprint density at radius 1 is 1.48 bits per heavy atom. The molecule has 116 valence electrons. The number of rotatable bonds is 4. The standard InChI is InChI=1S/C13H16F3N3O2/c1-19(6-8-7-21-12(17)18-8)9-3-4-11(20-2)10(5-9)13(14,15)16/h3-5,8H,6-7H2,1-2H3,(H2,17,18). The second-order valence-electron chi connectivity index (χ2n) is 4.70. The zero-order valence-electron chi connectivity index (χ0n) is 11.6. The molecule has 1 aliphatic heterocycles. The summed E-state index contributed by atoms with van der Waals surface area (Å²) in [6.45, 7) is 0.739. The minimum absolute atomic E-state index is 0.110. The first-order chi connectivity index (χ1) is 9.81. The third kappa shape index (κ3) is 3.50. The van der Waals surface area contributed by atoms with Gasteiger partial charge in [0.25, 0.3) is 6.02 Å². The predicted molar refractivity (Wildman–Crippen MR) is 72.6 cm³/mol. The number of ether oxygens (including phenoxy) is 2. The Labute approximate surface area is 120 Å². The summed E-state index contributed by atoms with van der Waals surface area (Å²) in [7, 11) is 2.90. The van der Waals surface area contributed by atoms with Crippen LogP contribution in [0.5, 0.6) is 5.75 Å². The normalized spacial score (nSPS) is 18.1. The van der Waals surface area contributed by atoms with E-state index in [0.717, 1.165) is 6.07 Å². The van der Waals surface area contributed by atoms with Crippen molar-refractivity contribution in [3.8, 4) is 5.75 Å². The fourth-order valence-electron chi connectivity index (χ4n) is 2.11. The summed E-state index contributed by atoms with van der Waals surface area (Å²) in [5.74, 6) is -0.203. The van der Waals surface area contributed by atoms with Gasteiger partial charge in [-0.3, -0.25) is 0 Å². The van der Waals surface area contributed by atoms with Crippen LogP contribution in [-0.4, -0.2) is 39.4 Å². The topological polar surface area (TPSA) is 60.1 Å². The van der Waals surface area contributed by atoms with Crippen molar-refractivity contribution < 1.29 is 22.6 Å². The molecular formula is C13H16F3N3O2. The molecule has 1 atom stereocenters. The monoisotopic (exact) mass is 303 g/mol. The number of halogens is 3. The molecular weight excluding hydrogens is 287 g/mol. The maximum absolute atomic E-state index is 13.0. The number of hydrogen-bond donors (Lipinski definition) is 1. The van der Waals surface area contributed by atoms with E-state index in [9.17, 15) is 13.2 Å². The number of benzene rings is 1. The molecule has 0 saturated heterocycles. The highest BCUT2D eigenvalue weighted by atomic mass is 19.4. The van der Waals surface area contributed by atoms with Gasteiger partial charge in [-0.05, 0) is 18.2 Å². The largest absolute Gasteiger partial charge is 0.496 e. The molecule has 0 amide bonds. The zero-order chi connectivity index (χ0) is 15.6. The van der Waals surface area contributed by atoms with Crippen molar-refractivity contribution in [1.29, 1.82) is 0 Å². The molecule has 0 spiro atoms. The Morgan fingerprint density at radius 3 is 2.71 bits per heavy atom. The molecule has 0 saturated carbocycles. The van der Waals surface area contributed by atoms with E-state index in [4.69, 9.17) is 15.2 Å². The smallest absolute Gasteiger partial charge is 0.420 e. The number of nitrogens with two attached hydrogens (primary N) is 1. The summed E-state index contributed by atoms with van der Waals surface area (Å²) in [5, 5.41) is 0.